The van der Waals surface area contributed by atoms with Crippen LogP contribution in [0.2, 0.25) is 0 Å². The van der Waals surface area contributed by atoms with Gasteiger partial charge in [-0.2, -0.15) is 0 Å². The second-order valence-corrected chi connectivity index (χ2v) is 6.40. The number of hydrogen-bond acceptors (Lipinski definition) is 4. The van der Waals surface area contributed by atoms with Gasteiger partial charge in [0.2, 0.25) is 0 Å². The van der Waals surface area contributed by atoms with Gasteiger partial charge >= 0.3 is 0 Å². The highest BCUT2D eigenvalue weighted by molar-refractivity contribution is 7.91. The zero-order valence-corrected chi connectivity index (χ0v) is 10.8. The molecule has 0 fully saturated rings. The summed E-state index contributed by atoms with van der Waals surface area (Å²) in [4.78, 5) is 0. The van der Waals surface area contributed by atoms with E-state index in [9.17, 15) is 8.42 Å². The highest BCUT2D eigenvalue weighted by atomic mass is 32.2. The van der Waals surface area contributed by atoms with Crippen molar-refractivity contribution < 1.29 is 12.8 Å². The van der Waals surface area contributed by atoms with Gasteiger partial charge in [0.05, 0.1) is 18.1 Å². The lowest BCUT2D eigenvalue weighted by atomic mass is 10.2. The summed E-state index contributed by atoms with van der Waals surface area (Å²) in [6, 6.07) is 3.64. The lowest BCUT2D eigenvalue weighted by Crippen LogP contribution is -2.35. The normalized spacial score (nSPS) is 15.9. The van der Waals surface area contributed by atoms with Crippen molar-refractivity contribution in [3.05, 3.63) is 24.2 Å². The zero-order chi connectivity index (χ0) is 12.2. The van der Waals surface area contributed by atoms with Gasteiger partial charge < -0.3 is 9.73 Å². The van der Waals surface area contributed by atoms with Crippen LogP contribution < -0.4 is 5.32 Å². The van der Waals surface area contributed by atoms with E-state index >= 15 is 0 Å². The van der Waals surface area contributed by atoms with Gasteiger partial charge in [0.15, 0.2) is 9.84 Å². The van der Waals surface area contributed by atoms with Crippen molar-refractivity contribution in [1.29, 1.82) is 0 Å². The molecule has 0 saturated heterocycles. The lowest BCUT2D eigenvalue weighted by Gasteiger charge is -2.18. The van der Waals surface area contributed by atoms with Crippen LogP contribution in [0.1, 0.15) is 32.6 Å². The highest BCUT2D eigenvalue weighted by Crippen LogP contribution is 2.13. The molecule has 5 heteroatoms. The standard InChI is InChI=1S/C11H19NO3S/c1-4-16(13,14)8-9(2)12-10(3)11-6-5-7-15-11/h5-7,9-10,12H,4,8H2,1-3H3/t9?,10-/m1/s1. The molecule has 4 nitrogen and oxygen atoms in total. The van der Waals surface area contributed by atoms with Crippen LogP contribution in [0, 0.1) is 0 Å². The fourth-order valence-electron chi connectivity index (χ4n) is 1.59. The summed E-state index contributed by atoms with van der Waals surface area (Å²) in [7, 11) is -2.93. The van der Waals surface area contributed by atoms with Gasteiger partial charge in [0.25, 0.3) is 0 Å². The fourth-order valence-corrected chi connectivity index (χ4v) is 2.69. The van der Waals surface area contributed by atoms with E-state index in [1.807, 2.05) is 26.0 Å². The van der Waals surface area contributed by atoms with E-state index in [4.69, 9.17) is 4.42 Å². The molecule has 1 aromatic heterocycles. The smallest absolute Gasteiger partial charge is 0.151 e. The molecule has 1 rings (SSSR count). The largest absolute Gasteiger partial charge is 0.468 e. The van der Waals surface area contributed by atoms with E-state index in [1.165, 1.54) is 0 Å². The average molecular weight is 245 g/mol. The van der Waals surface area contributed by atoms with Crippen molar-refractivity contribution in [3.63, 3.8) is 0 Å². The van der Waals surface area contributed by atoms with Crippen LogP contribution in [-0.4, -0.2) is 26.0 Å². The Morgan fingerprint density at radius 1 is 1.44 bits per heavy atom. The molecule has 92 valence electrons. The third kappa shape index (κ3) is 3.98. The summed E-state index contributed by atoms with van der Waals surface area (Å²) < 4.78 is 28.1. The molecule has 0 saturated carbocycles. The summed E-state index contributed by atoms with van der Waals surface area (Å²) in [6.45, 7) is 5.48. The minimum Gasteiger partial charge on any atom is -0.468 e. The molecule has 0 aromatic carbocycles. The van der Waals surface area contributed by atoms with Crippen LogP contribution in [0.5, 0.6) is 0 Å². The number of hydrogen-bond donors (Lipinski definition) is 1. The number of rotatable bonds is 6. The Labute approximate surface area is 97.0 Å². The van der Waals surface area contributed by atoms with E-state index in [0.29, 0.717) is 0 Å². The number of nitrogens with one attached hydrogen (secondary N) is 1. The van der Waals surface area contributed by atoms with Gasteiger partial charge in [0, 0.05) is 11.8 Å². The molecular formula is C11H19NO3S. The molecular weight excluding hydrogens is 226 g/mol. The van der Waals surface area contributed by atoms with E-state index in [1.54, 1.807) is 13.2 Å². The van der Waals surface area contributed by atoms with E-state index in [0.717, 1.165) is 5.76 Å². The van der Waals surface area contributed by atoms with Crippen molar-refractivity contribution in [2.24, 2.45) is 0 Å². The first-order valence-electron chi connectivity index (χ1n) is 5.44. The second-order valence-electron chi connectivity index (χ2n) is 4.00. The molecule has 1 heterocycles. The van der Waals surface area contributed by atoms with Gasteiger partial charge in [-0.1, -0.05) is 6.92 Å². The third-order valence-corrected chi connectivity index (χ3v) is 4.34. The van der Waals surface area contributed by atoms with Gasteiger partial charge in [0.1, 0.15) is 5.76 Å². The molecule has 0 aliphatic rings. The molecule has 1 aromatic rings. The van der Waals surface area contributed by atoms with Crippen molar-refractivity contribution in [1.82, 2.24) is 5.32 Å². The van der Waals surface area contributed by atoms with Crippen molar-refractivity contribution in [2.75, 3.05) is 11.5 Å². The third-order valence-electron chi connectivity index (χ3n) is 2.45. The Hall–Kier alpha value is -0.810. The van der Waals surface area contributed by atoms with Crippen molar-refractivity contribution in [3.8, 4) is 0 Å². The first-order valence-corrected chi connectivity index (χ1v) is 7.26. The lowest BCUT2D eigenvalue weighted by molar-refractivity contribution is 0.408. The zero-order valence-electron chi connectivity index (χ0n) is 9.93. The van der Waals surface area contributed by atoms with Gasteiger partial charge in [-0.15, -0.1) is 0 Å². The summed E-state index contributed by atoms with van der Waals surface area (Å²) >= 11 is 0. The predicted molar refractivity (Wildman–Crippen MR) is 64.0 cm³/mol. The average Bonchev–Trinajstić information content (AvgIpc) is 2.69. The van der Waals surface area contributed by atoms with Crippen molar-refractivity contribution >= 4 is 9.84 Å². The summed E-state index contributed by atoms with van der Waals surface area (Å²) in [6.07, 6.45) is 1.61. The minimum atomic E-state index is -2.93. The predicted octanol–water partition coefficient (Wildman–Crippen LogP) is 1.75. The summed E-state index contributed by atoms with van der Waals surface area (Å²) in [5.74, 6) is 1.17. The van der Waals surface area contributed by atoms with Gasteiger partial charge in [-0.3, -0.25) is 0 Å². The topological polar surface area (TPSA) is 59.3 Å². The molecule has 0 spiro atoms. The number of furan rings is 1. The van der Waals surface area contributed by atoms with Crippen LogP contribution in [0.3, 0.4) is 0 Å². The first kappa shape index (κ1) is 13.3. The van der Waals surface area contributed by atoms with Crippen LogP contribution in [0.15, 0.2) is 22.8 Å². The number of sulfone groups is 1. The minimum absolute atomic E-state index is 0.0251. The summed E-state index contributed by atoms with van der Waals surface area (Å²) in [5.41, 5.74) is 0. The molecule has 1 unspecified atom stereocenters. The van der Waals surface area contributed by atoms with Crippen LogP contribution in [-0.2, 0) is 9.84 Å². The Kier molecular flexibility index (Phi) is 4.56. The van der Waals surface area contributed by atoms with Crippen molar-refractivity contribution in [2.45, 2.75) is 32.9 Å². The van der Waals surface area contributed by atoms with Crippen LogP contribution in [0.25, 0.3) is 0 Å². The summed E-state index contributed by atoms with van der Waals surface area (Å²) in [5, 5.41) is 3.20. The SMILES string of the molecule is CCS(=O)(=O)CC(C)N[C@H](C)c1ccco1. The Morgan fingerprint density at radius 2 is 2.12 bits per heavy atom. The molecule has 16 heavy (non-hydrogen) atoms. The van der Waals surface area contributed by atoms with Crippen LogP contribution in [0.4, 0.5) is 0 Å². The Balaban J connectivity index is 2.49. The van der Waals surface area contributed by atoms with E-state index in [-0.39, 0.29) is 23.6 Å². The molecule has 0 aliphatic heterocycles. The molecule has 0 radical (unpaired) electrons. The monoisotopic (exact) mass is 245 g/mol. The molecule has 0 aliphatic carbocycles. The first-order chi connectivity index (χ1) is 7.44. The molecule has 2 atom stereocenters. The van der Waals surface area contributed by atoms with Crippen LogP contribution >= 0.6 is 0 Å². The Bertz CT molecular complexity index is 397. The maximum Gasteiger partial charge on any atom is 0.151 e. The molecule has 1 N–H and O–H groups in total. The second kappa shape index (κ2) is 5.50. The maximum atomic E-state index is 11.4. The molecule has 0 amide bonds. The van der Waals surface area contributed by atoms with E-state index < -0.39 is 9.84 Å². The Morgan fingerprint density at radius 3 is 2.62 bits per heavy atom. The van der Waals surface area contributed by atoms with Gasteiger partial charge in [-0.25, -0.2) is 8.42 Å². The fraction of sp³-hybridized carbons (Fsp3) is 0.636. The quantitative estimate of drug-likeness (QED) is 0.829. The van der Waals surface area contributed by atoms with E-state index in [2.05, 4.69) is 5.32 Å². The molecule has 0 bridgehead atoms. The maximum absolute atomic E-state index is 11.4. The van der Waals surface area contributed by atoms with Gasteiger partial charge in [-0.05, 0) is 26.0 Å². The highest BCUT2D eigenvalue weighted by Gasteiger charge is 2.17.